The lowest BCUT2D eigenvalue weighted by molar-refractivity contribution is -0.696. The van der Waals surface area contributed by atoms with Crippen LogP contribution in [0.4, 0.5) is 0 Å². The predicted molar refractivity (Wildman–Crippen MR) is 158 cm³/mol. The number of para-hydroxylation sites is 2. The number of hydrogen-bond acceptors (Lipinski definition) is 0. The summed E-state index contributed by atoms with van der Waals surface area (Å²) in [5.41, 5.74) is 4.93. The number of pyridine rings is 2. The average Bonchev–Trinajstić information content (AvgIpc) is 3.51. The Balaban J connectivity index is 0.00000185. The lowest BCUT2D eigenvalue weighted by atomic mass is 10.1. The van der Waals surface area contributed by atoms with Crippen LogP contribution in [-0.2, 0) is 13.1 Å². The van der Waals surface area contributed by atoms with Gasteiger partial charge in [0.2, 0.25) is 0 Å². The Morgan fingerprint density at radius 3 is 1.18 bits per heavy atom. The van der Waals surface area contributed by atoms with Crippen LogP contribution in [0.3, 0.4) is 0 Å². The van der Waals surface area contributed by atoms with Crippen molar-refractivity contribution in [3.63, 3.8) is 0 Å². The van der Waals surface area contributed by atoms with Crippen molar-refractivity contribution in [2.45, 2.75) is 77.3 Å². The molecular formula is C34H40Br2N4. The Morgan fingerprint density at radius 2 is 0.750 bits per heavy atom. The zero-order valence-corrected chi connectivity index (χ0v) is 26.4. The molecular weight excluding hydrogens is 624 g/mol. The summed E-state index contributed by atoms with van der Waals surface area (Å²) >= 11 is 0. The van der Waals surface area contributed by atoms with Crippen molar-refractivity contribution >= 4 is 43.6 Å². The normalized spacial score (nSPS) is 11.3. The van der Waals surface area contributed by atoms with E-state index < -0.39 is 0 Å². The van der Waals surface area contributed by atoms with Gasteiger partial charge in [-0.15, -0.1) is 0 Å². The Hall–Kier alpha value is -2.70. The summed E-state index contributed by atoms with van der Waals surface area (Å²) in [7, 11) is 0. The third-order valence-corrected chi connectivity index (χ3v) is 8.09. The molecule has 0 unspecified atom stereocenters. The van der Waals surface area contributed by atoms with Gasteiger partial charge in [-0.25, -0.2) is 9.13 Å². The number of nitrogens with one attached hydrogen (secondary N) is 2. The molecule has 0 aliphatic rings. The summed E-state index contributed by atoms with van der Waals surface area (Å²) in [6.45, 7) is 2.22. The van der Waals surface area contributed by atoms with Crippen molar-refractivity contribution in [2.75, 3.05) is 0 Å². The lowest BCUT2D eigenvalue weighted by Gasteiger charge is -2.02. The van der Waals surface area contributed by atoms with E-state index >= 15 is 0 Å². The van der Waals surface area contributed by atoms with E-state index in [1.54, 1.807) is 0 Å². The Kier molecular flexibility index (Phi) is 11.2. The maximum atomic E-state index is 3.56. The minimum Gasteiger partial charge on any atom is -1.00 e. The van der Waals surface area contributed by atoms with E-state index in [0.717, 1.165) is 13.1 Å². The average molecular weight is 665 g/mol. The molecule has 4 heterocycles. The van der Waals surface area contributed by atoms with Gasteiger partial charge in [0, 0.05) is 57.6 Å². The number of aryl methyl sites for hydroxylation is 2. The molecule has 40 heavy (non-hydrogen) atoms. The number of H-pyrrole nitrogens is 2. The van der Waals surface area contributed by atoms with Gasteiger partial charge in [-0.05, 0) is 25.0 Å². The van der Waals surface area contributed by atoms with Crippen LogP contribution in [0.1, 0.15) is 64.2 Å². The number of aromatic amines is 2. The van der Waals surface area contributed by atoms with E-state index in [4.69, 9.17) is 0 Å². The zero-order chi connectivity index (χ0) is 25.6. The minimum absolute atomic E-state index is 0. The number of unbranched alkanes of at least 4 members (excludes halogenated alkanes) is 9. The third-order valence-electron chi connectivity index (χ3n) is 8.09. The van der Waals surface area contributed by atoms with E-state index in [2.05, 4.69) is 105 Å². The maximum absolute atomic E-state index is 3.56. The fourth-order valence-electron chi connectivity index (χ4n) is 5.97. The van der Waals surface area contributed by atoms with Crippen molar-refractivity contribution in [2.24, 2.45) is 0 Å². The molecule has 4 nitrogen and oxygen atoms in total. The van der Waals surface area contributed by atoms with Gasteiger partial charge in [0.05, 0.1) is 0 Å². The van der Waals surface area contributed by atoms with Crippen LogP contribution in [0.5, 0.6) is 0 Å². The number of halogens is 2. The van der Waals surface area contributed by atoms with Crippen molar-refractivity contribution in [3.8, 4) is 0 Å². The highest BCUT2D eigenvalue weighted by Gasteiger charge is 2.10. The van der Waals surface area contributed by atoms with E-state index in [-0.39, 0.29) is 34.0 Å². The Labute approximate surface area is 258 Å². The molecule has 0 bridgehead atoms. The maximum Gasteiger partial charge on any atom is 0.193 e. The monoisotopic (exact) mass is 662 g/mol. The number of aromatic nitrogens is 4. The second-order valence-corrected chi connectivity index (χ2v) is 10.9. The van der Waals surface area contributed by atoms with Gasteiger partial charge in [-0.2, -0.15) is 0 Å². The summed E-state index contributed by atoms with van der Waals surface area (Å²) in [4.78, 5) is 7.11. The molecule has 0 spiro atoms. The highest BCUT2D eigenvalue weighted by molar-refractivity contribution is 6.07. The molecule has 6 heteroatoms. The van der Waals surface area contributed by atoms with Crippen LogP contribution in [0.2, 0.25) is 0 Å². The topological polar surface area (TPSA) is 39.3 Å². The van der Waals surface area contributed by atoms with Crippen LogP contribution in [0.15, 0.2) is 85.5 Å². The third kappa shape index (κ3) is 7.13. The molecule has 0 atom stereocenters. The van der Waals surface area contributed by atoms with Crippen LogP contribution < -0.4 is 43.1 Å². The van der Waals surface area contributed by atoms with Crippen LogP contribution in [0, 0.1) is 0 Å². The van der Waals surface area contributed by atoms with Gasteiger partial charge in [-0.3, -0.25) is 0 Å². The Bertz CT molecular complexity index is 1530. The molecule has 6 rings (SSSR count). The first kappa shape index (κ1) is 30.3. The molecule has 4 aromatic heterocycles. The van der Waals surface area contributed by atoms with E-state index in [9.17, 15) is 0 Å². The first-order valence-electron chi connectivity index (χ1n) is 14.6. The molecule has 0 aliphatic heterocycles. The first-order valence-corrected chi connectivity index (χ1v) is 14.6. The summed E-state index contributed by atoms with van der Waals surface area (Å²) in [6, 6.07) is 21.7. The summed E-state index contributed by atoms with van der Waals surface area (Å²) in [6.07, 6.45) is 22.5. The second kappa shape index (κ2) is 14.8. The molecule has 0 amide bonds. The van der Waals surface area contributed by atoms with Crippen molar-refractivity contribution in [1.82, 2.24) is 9.97 Å². The summed E-state index contributed by atoms with van der Waals surface area (Å²) < 4.78 is 4.68. The number of fused-ring (bicyclic) bond motifs is 6. The highest BCUT2D eigenvalue weighted by atomic mass is 79.9. The second-order valence-electron chi connectivity index (χ2n) is 10.9. The fraction of sp³-hybridized carbons (Fsp3) is 0.353. The van der Waals surface area contributed by atoms with Gasteiger partial charge >= 0.3 is 0 Å². The van der Waals surface area contributed by atoms with E-state index in [1.807, 2.05) is 0 Å². The molecule has 0 saturated carbocycles. The molecule has 0 aliphatic carbocycles. The molecule has 210 valence electrons. The molecule has 2 N–H and O–H groups in total. The van der Waals surface area contributed by atoms with Gasteiger partial charge in [0.25, 0.3) is 0 Å². The van der Waals surface area contributed by atoms with Crippen LogP contribution >= 0.6 is 0 Å². The summed E-state index contributed by atoms with van der Waals surface area (Å²) in [5.74, 6) is 0. The molecule has 0 saturated heterocycles. The predicted octanol–water partition coefficient (Wildman–Crippen LogP) is 2.14. The number of rotatable bonds is 13. The van der Waals surface area contributed by atoms with Crippen LogP contribution in [0.25, 0.3) is 43.6 Å². The molecule has 2 aromatic carbocycles. The van der Waals surface area contributed by atoms with E-state index in [0.29, 0.717) is 0 Å². The summed E-state index contributed by atoms with van der Waals surface area (Å²) in [5, 5.41) is 5.28. The van der Waals surface area contributed by atoms with Crippen molar-refractivity contribution < 1.29 is 43.1 Å². The van der Waals surface area contributed by atoms with Gasteiger partial charge < -0.3 is 43.9 Å². The van der Waals surface area contributed by atoms with Crippen LogP contribution in [-0.4, -0.2) is 9.97 Å². The van der Waals surface area contributed by atoms with Crippen molar-refractivity contribution in [1.29, 1.82) is 0 Å². The standard InChI is InChI=1S/C34H38N4.2BrH/c1(3-5-7-13-21-37-23-19-29-27-15-9-11-17-31(27)35-33(29)25-37)2-4-6-8-14-22-38-24-20-30-28-16-10-12-18-32(28)36-34(30)26-38;;/h9-12,15-20,23-26H,1-8,13-14,21-22H2;2*1H. The first-order chi connectivity index (χ1) is 18.8. The highest BCUT2D eigenvalue weighted by Crippen LogP contribution is 2.24. The van der Waals surface area contributed by atoms with Gasteiger partial charge in [-0.1, -0.05) is 74.9 Å². The lowest BCUT2D eigenvalue weighted by Crippen LogP contribution is -3.00. The Morgan fingerprint density at radius 1 is 0.400 bits per heavy atom. The fourth-order valence-corrected chi connectivity index (χ4v) is 5.97. The van der Waals surface area contributed by atoms with Crippen molar-refractivity contribution in [3.05, 3.63) is 85.5 Å². The number of benzene rings is 2. The van der Waals surface area contributed by atoms with E-state index in [1.165, 1.54) is 108 Å². The number of nitrogens with zero attached hydrogens (tertiary/aromatic N) is 2. The quantitative estimate of drug-likeness (QED) is 0.141. The number of hydrogen-bond donors (Lipinski definition) is 2. The largest absolute Gasteiger partial charge is 1.00 e. The van der Waals surface area contributed by atoms with Gasteiger partial charge in [0.15, 0.2) is 24.8 Å². The SMILES string of the molecule is [Br-].[Br-].c1ccc2c(c1)[nH]c1c[n+](CCCCCCCCCCCC[n+]3ccc4c(c3)[nH]c3ccccc34)ccc12. The van der Waals surface area contributed by atoms with Gasteiger partial charge in [0.1, 0.15) is 24.1 Å². The minimum atomic E-state index is 0. The molecule has 0 fully saturated rings. The molecule has 0 radical (unpaired) electrons. The smallest absolute Gasteiger partial charge is 0.193 e. The zero-order valence-electron chi connectivity index (χ0n) is 23.2. The molecule has 6 aromatic rings.